The van der Waals surface area contributed by atoms with Crippen molar-refractivity contribution in [2.24, 2.45) is 5.73 Å². The van der Waals surface area contributed by atoms with Crippen molar-refractivity contribution >= 4 is 28.6 Å². The number of nitrogens with two attached hydrogens (primary N) is 2. The number of aromatic nitrogens is 1. The highest BCUT2D eigenvalue weighted by Gasteiger charge is 2.10. The average Bonchev–Trinajstić information content (AvgIpc) is 2.73. The van der Waals surface area contributed by atoms with Gasteiger partial charge in [-0.2, -0.15) is 0 Å². The number of anilines is 2. The summed E-state index contributed by atoms with van der Waals surface area (Å²) in [6.07, 6.45) is 0. The molecule has 0 unspecified atom stereocenters. The monoisotopic (exact) mass is 262 g/mol. The van der Waals surface area contributed by atoms with Crippen LogP contribution in [0.15, 0.2) is 23.6 Å². The molecule has 94 valence electrons. The van der Waals surface area contributed by atoms with Crippen LogP contribution >= 0.6 is 11.3 Å². The summed E-state index contributed by atoms with van der Waals surface area (Å²) in [6.45, 7) is 2.46. The van der Waals surface area contributed by atoms with Gasteiger partial charge in [-0.25, -0.2) is 4.98 Å². The van der Waals surface area contributed by atoms with Crippen molar-refractivity contribution in [2.45, 2.75) is 13.5 Å². The highest BCUT2D eigenvalue weighted by Crippen LogP contribution is 2.24. The fourth-order valence-corrected chi connectivity index (χ4v) is 2.25. The third-order valence-corrected chi connectivity index (χ3v) is 3.30. The van der Waals surface area contributed by atoms with Crippen molar-refractivity contribution in [3.05, 3.63) is 39.8 Å². The maximum atomic E-state index is 11.3. The van der Waals surface area contributed by atoms with Crippen LogP contribution in [0, 0.1) is 6.92 Å². The smallest absolute Gasteiger partial charge is 0.250 e. The molecule has 0 aliphatic rings. The van der Waals surface area contributed by atoms with Crippen molar-refractivity contribution in [1.29, 1.82) is 0 Å². The molecule has 0 radical (unpaired) electrons. The second kappa shape index (κ2) is 5.05. The Morgan fingerprint density at radius 1 is 1.50 bits per heavy atom. The van der Waals surface area contributed by atoms with Gasteiger partial charge in [0, 0.05) is 5.38 Å². The lowest BCUT2D eigenvalue weighted by Crippen LogP contribution is -2.15. The number of benzene rings is 1. The van der Waals surface area contributed by atoms with Gasteiger partial charge in [0.2, 0.25) is 0 Å². The number of amides is 1. The van der Waals surface area contributed by atoms with Crippen molar-refractivity contribution in [3.8, 4) is 0 Å². The van der Waals surface area contributed by atoms with Crippen molar-refractivity contribution in [3.63, 3.8) is 0 Å². The molecule has 0 fully saturated rings. The lowest BCUT2D eigenvalue weighted by molar-refractivity contribution is 0.100. The molecule has 5 nitrogen and oxygen atoms in total. The summed E-state index contributed by atoms with van der Waals surface area (Å²) >= 11 is 1.58. The maximum Gasteiger partial charge on any atom is 0.250 e. The number of nitrogen functional groups attached to an aromatic ring is 1. The highest BCUT2D eigenvalue weighted by molar-refractivity contribution is 7.09. The first-order valence-electron chi connectivity index (χ1n) is 5.41. The number of nitrogens with zero attached hydrogens (tertiary/aromatic N) is 1. The first-order valence-corrected chi connectivity index (χ1v) is 6.29. The van der Waals surface area contributed by atoms with Crippen LogP contribution in [0.3, 0.4) is 0 Å². The Labute approximate surface area is 109 Å². The largest absolute Gasteiger partial charge is 0.397 e. The van der Waals surface area contributed by atoms with E-state index in [1.54, 1.807) is 29.5 Å². The van der Waals surface area contributed by atoms with Gasteiger partial charge in [-0.1, -0.05) is 6.07 Å². The fourth-order valence-electron chi connectivity index (χ4n) is 1.64. The SMILES string of the molecule is Cc1nc(CNc2c(N)cccc2C(N)=O)cs1. The first kappa shape index (κ1) is 12.4. The van der Waals surface area contributed by atoms with Crippen molar-refractivity contribution < 1.29 is 4.79 Å². The summed E-state index contributed by atoms with van der Waals surface area (Å²) in [7, 11) is 0. The number of nitrogens with one attached hydrogen (secondary N) is 1. The lowest BCUT2D eigenvalue weighted by atomic mass is 10.1. The molecule has 1 amide bonds. The van der Waals surface area contributed by atoms with E-state index in [4.69, 9.17) is 11.5 Å². The van der Waals surface area contributed by atoms with Crippen LogP contribution in [0.4, 0.5) is 11.4 Å². The summed E-state index contributed by atoms with van der Waals surface area (Å²) in [4.78, 5) is 15.6. The molecule has 5 N–H and O–H groups in total. The number of carbonyl (C=O) groups excluding carboxylic acids is 1. The number of thiazole rings is 1. The first-order chi connectivity index (χ1) is 8.58. The third kappa shape index (κ3) is 2.60. The Morgan fingerprint density at radius 2 is 2.28 bits per heavy atom. The molecular weight excluding hydrogens is 248 g/mol. The van der Waals surface area contributed by atoms with Gasteiger partial charge >= 0.3 is 0 Å². The predicted octanol–water partition coefficient (Wildman–Crippen LogP) is 1.74. The topological polar surface area (TPSA) is 94.0 Å². The minimum Gasteiger partial charge on any atom is -0.397 e. The van der Waals surface area contributed by atoms with Gasteiger partial charge in [-0.05, 0) is 19.1 Å². The van der Waals surface area contributed by atoms with Crippen molar-refractivity contribution in [2.75, 3.05) is 11.1 Å². The number of hydrogen-bond donors (Lipinski definition) is 3. The average molecular weight is 262 g/mol. The van der Waals surface area contributed by atoms with E-state index in [0.717, 1.165) is 10.7 Å². The number of hydrogen-bond acceptors (Lipinski definition) is 5. The zero-order valence-electron chi connectivity index (χ0n) is 9.93. The van der Waals surface area contributed by atoms with Crippen LogP contribution in [-0.2, 0) is 6.54 Å². The normalized spacial score (nSPS) is 10.3. The summed E-state index contributed by atoms with van der Waals surface area (Å²) in [5, 5.41) is 6.08. The lowest BCUT2D eigenvalue weighted by Gasteiger charge is -2.11. The summed E-state index contributed by atoms with van der Waals surface area (Å²) in [5.74, 6) is -0.501. The van der Waals surface area contributed by atoms with Gasteiger partial charge in [-0.15, -0.1) is 11.3 Å². The predicted molar refractivity (Wildman–Crippen MR) is 73.6 cm³/mol. The van der Waals surface area contributed by atoms with E-state index >= 15 is 0 Å². The van der Waals surface area contributed by atoms with Gasteiger partial charge < -0.3 is 16.8 Å². The highest BCUT2D eigenvalue weighted by atomic mass is 32.1. The molecule has 0 atom stereocenters. The Balaban J connectivity index is 2.20. The Bertz CT molecular complexity index is 579. The second-order valence-electron chi connectivity index (χ2n) is 3.85. The Hall–Kier alpha value is -2.08. The van der Waals surface area contributed by atoms with Crippen LogP contribution < -0.4 is 16.8 Å². The maximum absolute atomic E-state index is 11.3. The van der Waals surface area contributed by atoms with Gasteiger partial charge in [0.15, 0.2) is 0 Å². The summed E-state index contributed by atoms with van der Waals surface area (Å²) in [5.41, 5.74) is 13.5. The van der Waals surface area contributed by atoms with E-state index in [0.29, 0.717) is 23.5 Å². The molecule has 1 aromatic heterocycles. The molecule has 0 aliphatic heterocycles. The number of para-hydroxylation sites is 1. The zero-order valence-corrected chi connectivity index (χ0v) is 10.8. The molecule has 0 bridgehead atoms. The molecule has 0 saturated carbocycles. The molecular formula is C12H14N4OS. The van der Waals surface area contributed by atoms with Crippen LogP contribution in [0.25, 0.3) is 0 Å². The number of primary amides is 1. The van der Waals surface area contributed by atoms with Gasteiger partial charge in [0.05, 0.1) is 34.2 Å². The Kier molecular flexibility index (Phi) is 3.47. The standard InChI is InChI=1S/C12H14N4OS/c1-7-16-8(6-18-7)5-15-11-9(12(14)17)3-2-4-10(11)13/h2-4,6,15H,5,13H2,1H3,(H2,14,17). The van der Waals surface area contributed by atoms with Gasteiger partial charge in [0.25, 0.3) is 5.91 Å². The zero-order chi connectivity index (χ0) is 13.1. The molecule has 0 spiro atoms. The van der Waals surface area contributed by atoms with Crippen LogP contribution in [-0.4, -0.2) is 10.9 Å². The van der Waals surface area contributed by atoms with E-state index in [9.17, 15) is 4.79 Å². The molecule has 6 heteroatoms. The quantitative estimate of drug-likeness (QED) is 0.731. The molecule has 2 aromatic rings. The van der Waals surface area contributed by atoms with E-state index < -0.39 is 5.91 Å². The molecule has 1 aromatic carbocycles. The summed E-state index contributed by atoms with van der Waals surface area (Å²) < 4.78 is 0. The van der Waals surface area contributed by atoms with E-state index in [2.05, 4.69) is 10.3 Å². The van der Waals surface area contributed by atoms with Crippen LogP contribution in [0.2, 0.25) is 0 Å². The van der Waals surface area contributed by atoms with E-state index in [-0.39, 0.29) is 0 Å². The Morgan fingerprint density at radius 3 is 2.89 bits per heavy atom. The van der Waals surface area contributed by atoms with Crippen LogP contribution in [0.1, 0.15) is 21.1 Å². The fraction of sp³-hybridized carbons (Fsp3) is 0.167. The second-order valence-corrected chi connectivity index (χ2v) is 4.91. The molecule has 1 heterocycles. The summed E-state index contributed by atoms with van der Waals surface area (Å²) in [6, 6.07) is 5.07. The minimum absolute atomic E-state index is 0.391. The molecule has 0 aliphatic carbocycles. The van der Waals surface area contributed by atoms with E-state index in [1.807, 2.05) is 12.3 Å². The molecule has 0 saturated heterocycles. The number of rotatable bonds is 4. The van der Waals surface area contributed by atoms with Gasteiger partial charge in [0.1, 0.15) is 0 Å². The number of carbonyl (C=O) groups is 1. The minimum atomic E-state index is -0.501. The van der Waals surface area contributed by atoms with E-state index in [1.165, 1.54) is 0 Å². The third-order valence-electron chi connectivity index (χ3n) is 2.48. The van der Waals surface area contributed by atoms with Gasteiger partial charge in [-0.3, -0.25) is 4.79 Å². The molecule has 2 rings (SSSR count). The molecule has 18 heavy (non-hydrogen) atoms. The van der Waals surface area contributed by atoms with Crippen molar-refractivity contribution in [1.82, 2.24) is 4.98 Å². The van der Waals surface area contributed by atoms with Crippen LogP contribution in [0.5, 0.6) is 0 Å². The number of aryl methyl sites for hydroxylation is 1.